The second kappa shape index (κ2) is 3.69. The largest absolute Gasteiger partial charge is 0.421 e. The second-order valence-corrected chi connectivity index (χ2v) is 2.74. The molecule has 1 unspecified atom stereocenters. The summed E-state index contributed by atoms with van der Waals surface area (Å²) in [6, 6.07) is 0. The summed E-state index contributed by atoms with van der Waals surface area (Å²) in [4.78, 5) is 0. The topological polar surface area (TPSA) is 48.2 Å². The van der Waals surface area contributed by atoms with Gasteiger partial charge in [0, 0.05) is 7.11 Å². The number of halogens is 1. The number of ether oxygens (including phenoxy) is 1. The van der Waals surface area contributed by atoms with Crippen molar-refractivity contribution in [1.82, 2.24) is 10.2 Å². The molecule has 0 fully saturated rings. The molecule has 0 aromatic carbocycles. The summed E-state index contributed by atoms with van der Waals surface area (Å²) >= 11 is 5.68. The Morgan fingerprint density at radius 2 is 2.36 bits per heavy atom. The van der Waals surface area contributed by atoms with Crippen molar-refractivity contribution in [1.29, 1.82) is 0 Å². The summed E-state index contributed by atoms with van der Waals surface area (Å²) in [5, 5.41) is 7.16. The zero-order chi connectivity index (χ0) is 8.27. The highest BCUT2D eigenvalue weighted by atomic mass is 35.5. The summed E-state index contributed by atoms with van der Waals surface area (Å²) in [7, 11) is 1.56. The summed E-state index contributed by atoms with van der Waals surface area (Å²) in [5.74, 6) is 0.883. The quantitative estimate of drug-likeness (QED) is 0.656. The molecule has 0 amide bonds. The molecule has 0 saturated carbocycles. The number of nitrogens with zero attached hydrogens (tertiary/aromatic N) is 2. The lowest BCUT2D eigenvalue weighted by Crippen LogP contribution is -1.85. The summed E-state index contributed by atoms with van der Waals surface area (Å²) in [6.45, 7) is 2.10. The predicted molar refractivity (Wildman–Crippen MR) is 39.3 cm³/mol. The van der Waals surface area contributed by atoms with Gasteiger partial charge in [0.2, 0.25) is 11.8 Å². The van der Waals surface area contributed by atoms with E-state index in [1.165, 1.54) is 0 Å². The maximum absolute atomic E-state index is 5.68. The van der Waals surface area contributed by atoms with E-state index in [0.29, 0.717) is 18.4 Å². The van der Waals surface area contributed by atoms with Crippen molar-refractivity contribution in [3.05, 3.63) is 11.8 Å². The predicted octanol–water partition coefficient (Wildman–Crippen LogP) is 1.52. The van der Waals surface area contributed by atoms with Crippen molar-refractivity contribution in [3.63, 3.8) is 0 Å². The molecule has 0 spiro atoms. The fourth-order valence-electron chi connectivity index (χ4n) is 0.609. The van der Waals surface area contributed by atoms with Gasteiger partial charge < -0.3 is 9.15 Å². The van der Waals surface area contributed by atoms with Crippen LogP contribution in [0, 0.1) is 0 Å². The van der Waals surface area contributed by atoms with Crippen LogP contribution in [-0.4, -0.2) is 17.3 Å². The van der Waals surface area contributed by atoms with Gasteiger partial charge in [0.05, 0.1) is 0 Å². The van der Waals surface area contributed by atoms with Crippen LogP contribution in [0.5, 0.6) is 0 Å². The van der Waals surface area contributed by atoms with Crippen LogP contribution in [0.1, 0.15) is 24.1 Å². The molecule has 0 bridgehead atoms. The highest BCUT2D eigenvalue weighted by molar-refractivity contribution is 6.20. The van der Waals surface area contributed by atoms with E-state index in [4.69, 9.17) is 20.8 Å². The Kier molecular flexibility index (Phi) is 2.84. The van der Waals surface area contributed by atoms with Crippen LogP contribution in [0.2, 0.25) is 0 Å². The average Bonchev–Trinajstić information content (AvgIpc) is 2.37. The standard InChI is InChI=1S/C6H9ClN2O2/c1-4(7)6-9-8-5(11-6)3-10-2/h4H,3H2,1-2H3. The van der Waals surface area contributed by atoms with E-state index in [0.717, 1.165) is 0 Å². The number of methoxy groups -OCH3 is 1. The summed E-state index contributed by atoms with van der Waals surface area (Å²) in [6.07, 6.45) is 0. The van der Waals surface area contributed by atoms with Gasteiger partial charge in [0.25, 0.3) is 0 Å². The number of alkyl halides is 1. The van der Waals surface area contributed by atoms with E-state index in [2.05, 4.69) is 10.2 Å². The normalized spacial score (nSPS) is 13.4. The first kappa shape index (κ1) is 8.49. The van der Waals surface area contributed by atoms with Crippen LogP contribution in [-0.2, 0) is 11.3 Å². The van der Waals surface area contributed by atoms with E-state index in [1.807, 2.05) is 0 Å². The van der Waals surface area contributed by atoms with Crippen LogP contribution in [0.15, 0.2) is 4.42 Å². The van der Waals surface area contributed by atoms with Gasteiger partial charge in [-0.05, 0) is 6.92 Å². The molecule has 11 heavy (non-hydrogen) atoms. The van der Waals surface area contributed by atoms with Crippen molar-refractivity contribution < 1.29 is 9.15 Å². The maximum atomic E-state index is 5.68. The van der Waals surface area contributed by atoms with Gasteiger partial charge in [-0.25, -0.2) is 0 Å². The van der Waals surface area contributed by atoms with Gasteiger partial charge in [0.15, 0.2) is 0 Å². The first-order valence-electron chi connectivity index (χ1n) is 3.19. The third-order valence-electron chi connectivity index (χ3n) is 1.09. The number of aromatic nitrogens is 2. The molecule has 0 radical (unpaired) electrons. The highest BCUT2D eigenvalue weighted by Gasteiger charge is 2.09. The second-order valence-electron chi connectivity index (χ2n) is 2.08. The van der Waals surface area contributed by atoms with Gasteiger partial charge in [-0.15, -0.1) is 21.8 Å². The van der Waals surface area contributed by atoms with E-state index >= 15 is 0 Å². The Balaban J connectivity index is 2.66. The molecule has 5 heteroatoms. The molecule has 1 aromatic rings. The minimum absolute atomic E-state index is 0.242. The summed E-state index contributed by atoms with van der Waals surface area (Å²) < 4.78 is 9.89. The van der Waals surface area contributed by atoms with Crippen LogP contribution < -0.4 is 0 Å². The number of rotatable bonds is 3. The smallest absolute Gasteiger partial charge is 0.242 e. The minimum Gasteiger partial charge on any atom is -0.421 e. The molecule has 62 valence electrons. The third kappa shape index (κ3) is 2.17. The lowest BCUT2D eigenvalue weighted by atomic mass is 10.5. The van der Waals surface area contributed by atoms with E-state index < -0.39 is 0 Å². The molecule has 0 aliphatic rings. The van der Waals surface area contributed by atoms with Crippen LogP contribution in [0.3, 0.4) is 0 Å². The fraction of sp³-hybridized carbons (Fsp3) is 0.667. The molecular weight excluding hydrogens is 168 g/mol. The monoisotopic (exact) mass is 176 g/mol. The third-order valence-corrected chi connectivity index (χ3v) is 1.28. The lowest BCUT2D eigenvalue weighted by Gasteiger charge is -1.92. The van der Waals surface area contributed by atoms with Gasteiger partial charge in [-0.2, -0.15) is 0 Å². The van der Waals surface area contributed by atoms with E-state index in [-0.39, 0.29) is 5.38 Å². The van der Waals surface area contributed by atoms with Crippen molar-refractivity contribution in [3.8, 4) is 0 Å². The maximum Gasteiger partial charge on any atom is 0.242 e. The fourth-order valence-corrected chi connectivity index (χ4v) is 0.697. The molecule has 1 atom stereocenters. The van der Waals surface area contributed by atoms with Crippen LogP contribution in [0.25, 0.3) is 0 Å². The average molecular weight is 177 g/mol. The number of hydrogen-bond acceptors (Lipinski definition) is 4. The van der Waals surface area contributed by atoms with Crippen molar-refractivity contribution >= 4 is 11.6 Å². The minimum atomic E-state index is -0.242. The molecule has 0 N–H and O–H groups in total. The lowest BCUT2D eigenvalue weighted by molar-refractivity contribution is 0.158. The Morgan fingerprint density at radius 3 is 2.82 bits per heavy atom. The van der Waals surface area contributed by atoms with Crippen molar-refractivity contribution in [2.24, 2.45) is 0 Å². The number of hydrogen-bond donors (Lipinski definition) is 0. The Bertz CT molecular complexity index is 224. The Labute approximate surface area is 69.5 Å². The molecule has 0 saturated heterocycles. The molecule has 1 aromatic heterocycles. The molecular formula is C6H9ClN2O2. The summed E-state index contributed by atoms with van der Waals surface area (Å²) in [5.41, 5.74) is 0. The van der Waals surface area contributed by atoms with Crippen molar-refractivity contribution in [2.75, 3.05) is 7.11 Å². The Hall–Kier alpha value is -0.610. The van der Waals surface area contributed by atoms with Crippen molar-refractivity contribution in [2.45, 2.75) is 18.9 Å². The molecule has 1 rings (SSSR count). The molecule has 1 heterocycles. The highest BCUT2D eigenvalue weighted by Crippen LogP contribution is 2.17. The molecule has 0 aliphatic heterocycles. The molecule has 4 nitrogen and oxygen atoms in total. The SMILES string of the molecule is COCc1nnc(C(C)Cl)o1. The van der Waals surface area contributed by atoms with Gasteiger partial charge >= 0.3 is 0 Å². The van der Waals surface area contributed by atoms with E-state index in [9.17, 15) is 0 Å². The van der Waals surface area contributed by atoms with Crippen LogP contribution >= 0.6 is 11.6 Å². The molecule has 0 aliphatic carbocycles. The first-order valence-corrected chi connectivity index (χ1v) is 3.63. The van der Waals surface area contributed by atoms with Crippen LogP contribution in [0.4, 0.5) is 0 Å². The van der Waals surface area contributed by atoms with Gasteiger partial charge in [0.1, 0.15) is 12.0 Å². The van der Waals surface area contributed by atoms with Gasteiger partial charge in [-0.1, -0.05) is 0 Å². The zero-order valence-corrected chi connectivity index (χ0v) is 7.13. The Morgan fingerprint density at radius 1 is 1.64 bits per heavy atom. The zero-order valence-electron chi connectivity index (χ0n) is 6.37. The first-order chi connectivity index (χ1) is 5.24. The van der Waals surface area contributed by atoms with E-state index in [1.54, 1.807) is 14.0 Å². The van der Waals surface area contributed by atoms with Gasteiger partial charge in [-0.3, -0.25) is 0 Å².